The SMILES string of the molecule is CCC(C)Sc1ccc(CNCCOC)cc1C#N. The fourth-order valence-corrected chi connectivity index (χ4v) is 2.56. The van der Waals surface area contributed by atoms with Crippen molar-refractivity contribution in [2.24, 2.45) is 0 Å². The molecule has 0 spiro atoms. The number of hydrogen-bond acceptors (Lipinski definition) is 4. The monoisotopic (exact) mass is 278 g/mol. The van der Waals surface area contributed by atoms with Crippen LogP contribution in [0, 0.1) is 11.3 Å². The molecule has 1 aromatic rings. The van der Waals surface area contributed by atoms with Gasteiger partial charge in [0, 0.05) is 30.3 Å². The van der Waals surface area contributed by atoms with E-state index in [2.05, 4.69) is 37.4 Å². The summed E-state index contributed by atoms with van der Waals surface area (Å²) in [6.07, 6.45) is 1.11. The fraction of sp³-hybridized carbons (Fsp3) is 0.533. The highest BCUT2D eigenvalue weighted by molar-refractivity contribution is 8.00. The fourth-order valence-electron chi connectivity index (χ4n) is 1.58. The highest BCUT2D eigenvalue weighted by Crippen LogP contribution is 2.28. The number of thioether (sulfide) groups is 1. The number of hydrogen-bond donors (Lipinski definition) is 1. The molecule has 1 N–H and O–H groups in total. The quantitative estimate of drug-likeness (QED) is 0.586. The van der Waals surface area contributed by atoms with E-state index in [1.807, 2.05) is 6.07 Å². The number of nitrogens with one attached hydrogen (secondary N) is 1. The van der Waals surface area contributed by atoms with Gasteiger partial charge in [-0.2, -0.15) is 5.26 Å². The number of methoxy groups -OCH3 is 1. The first-order valence-electron chi connectivity index (χ1n) is 6.60. The van der Waals surface area contributed by atoms with Crippen molar-refractivity contribution in [1.82, 2.24) is 5.32 Å². The molecule has 3 nitrogen and oxygen atoms in total. The maximum absolute atomic E-state index is 9.23. The van der Waals surface area contributed by atoms with Crippen LogP contribution in [0.15, 0.2) is 23.1 Å². The zero-order valence-electron chi connectivity index (χ0n) is 11.9. The standard InChI is InChI=1S/C15H22N2OS/c1-4-12(2)19-15-6-5-13(9-14(15)10-16)11-17-7-8-18-3/h5-6,9,12,17H,4,7-8,11H2,1-3H3. The maximum atomic E-state index is 9.23. The third-order valence-electron chi connectivity index (χ3n) is 2.88. The van der Waals surface area contributed by atoms with Crippen LogP contribution >= 0.6 is 11.8 Å². The molecule has 0 bridgehead atoms. The lowest BCUT2D eigenvalue weighted by Gasteiger charge is -2.11. The lowest BCUT2D eigenvalue weighted by molar-refractivity contribution is 0.199. The third kappa shape index (κ3) is 5.65. The lowest BCUT2D eigenvalue weighted by Crippen LogP contribution is -2.18. The summed E-state index contributed by atoms with van der Waals surface area (Å²) in [6.45, 7) is 6.64. The van der Waals surface area contributed by atoms with Crippen molar-refractivity contribution in [2.45, 2.75) is 37.0 Å². The second kappa shape index (κ2) is 8.98. The van der Waals surface area contributed by atoms with Crippen LogP contribution in [-0.2, 0) is 11.3 Å². The van der Waals surface area contributed by atoms with Gasteiger partial charge in [0.1, 0.15) is 6.07 Å². The molecule has 4 heteroatoms. The van der Waals surface area contributed by atoms with Gasteiger partial charge in [0.25, 0.3) is 0 Å². The Bertz CT molecular complexity index is 429. The summed E-state index contributed by atoms with van der Waals surface area (Å²) in [5, 5.41) is 13.1. The topological polar surface area (TPSA) is 45.0 Å². The van der Waals surface area contributed by atoms with Gasteiger partial charge in [-0.05, 0) is 24.1 Å². The molecule has 0 amide bonds. The van der Waals surface area contributed by atoms with Crippen LogP contribution in [0.1, 0.15) is 31.4 Å². The molecule has 1 rings (SSSR count). The van der Waals surface area contributed by atoms with E-state index >= 15 is 0 Å². The summed E-state index contributed by atoms with van der Waals surface area (Å²) in [6, 6.07) is 8.42. The highest BCUT2D eigenvalue weighted by atomic mass is 32.2. The highest BCUT2D eigenvalue weighted by Gasteiger charge is 2.08. The maximum Gasteiger partial charge on any atom is 0.100 e. The Balaban J connectivity index is 2.65. The van der Waals surface area contributed by atoms with E-state index in [1.54, 1.807) is 18.9 Å². The number of benzene rings is 1. The van der Waals surface area contributed by atoms with Crippen LogP contribution in [0.2, 0.25) is 0 Å². The van der Waals surface area contributed by atoms with E-state index in [1.165, 1.54) is 0 Å². The van der Waals surface area contributed by atoms with Gasteiger partial charge in [0.2, 0.25) is 0 Å². The first-order valence-corrected chi connectivity index (χ1v) is 7.48. The van der Waals surface area contributed by atoms with Gasteiger partial charge in [-0.25, -0.2) is 0 Å². The molecule has 1 aromatic carbocycles. The molecule has 0 aromatic heterocycles. The zero-order chi connectivity index (χ0) is 14.1. The van der Waals surface area contributed by atoms with E-state index in [-0.39, 0.29) is 0 Å². The number of rotatable bonds is 8. The van der Waals surface area contributed by atoms with Crippen molar-refractivity contribution in [2.75, 3.05) is 20.3 Å². The normalized spacial score (nSPS) is 12.1. The third-order valence-corrected chi connectivity index (χ3v) is 4.23. The minimum Gasteiger partial charge on any atom is -0.383 e. The first-order chi connectivity index (χ1) is 9.21. The summed E-state index contributed by atoms with van der Waals surface area (Å²) < 4.78 is 4.98. The van der Waals surface area contributed by atoms with Crippen molar-refractivity contribution in [1.29, 1.82) is 5.26 Å². The van der Waals surface area contributed by atoms with E-state index in [4.69, 9.17) is 4.74 Å². The first kappa shape index (κ1) is 16.0. The average Bonchev–Trinajstić information content (AvgIpc) is 2.44. The molecule has 1 unspecified atom stereocenters. The Morgan fingerprint density at radius 3 is 2.89 bits per heavy atom. The van der Waals surface area contributed by atoms with Gasteiger partial charge in [0.15, 0.2) is 0 Å². The second-order valence-electron chi connectivity index (χ2n) is 4.45. The van der Waals surface area contributed by atoms with Crippen molar-refractivity contribution in [3.8, 4) is 6.07 Å². The van der Waals surface area contributed by atoms with Crippen LogP contribution in [0.4, 0.5) is 0 Å². The summed E-state index contributed by atoms with van der Waals surface area (Å²) in [7, 11) is 1.69. The Morgan fingerprint density at radius 2 is 2.26 bits per heavy atom. The van der Waals surface area contributed by atoms with Gasteiger partial charge in [-0.15, -0.1) is 11.8 Å². The zero-order valence-corrected chi connectivity index (χ0v) is 12.7. The van der Waals surface area contributed by atoms with Gasteiger partial charge in [0.05, 0.1) is 12.2 Å². The summed E-state index contributed by atoms with van der Waals surface area (Å²) >= 11 is 1.77. The van der Waals surface area contributed by atoms with Gasteiger partial charge >= 0.3 is 0 Å². The molecule has 0 aliphatic rings. The van der Waals surface area contributed by atoms with E-state index in [0.717, 1.165) is 35.5 Å². The van der Waals surface area contributed by atoms with Crippen molar-refractivity contribution < 1.29 is 4.74 Å². The molecular weight excluding hydrogens is 256 g/mol. The number of ether oxygens (including phenoxy) is 1. The summed E-state index contributed by atoms with van der Waals surface area (Å²) in [5.41, 5.74) is 1.91. The predicted molar refractivity (Wildman–Crippen MR) is 80.3 cm³/mol. The molecule has 0 fully saturated rings. The van der Waals surface area contributed by atoms with Gasteiger partial charge < -0.3 is 10.1 Å². The van der Waals surface area contributed by atoms with E-state index < -0.39 is 0 Å². The summed E-state index contributed by atoms with van der Waals surface area (Å²) in [5.74, 6) is 0. The molecule has 0 saturated carbocycles. The minimum atomic E-state index is 0.540. The predicted octanol–water partition coefficient (Wildman–Crippen LogP) is 3.18. The van der Waals surface area contributed by atoms with Crippen LogP contribution in [0.5, 0.6) is 0 Å². The number of nitrogens with zero attached hydrogens (tertiary/aromatic N) is 1. The molecule has 19 heavy (non-hydrogen) atoms. The van der Waals surface area contributed by atoms with E-state index in [9.17, 15) is 5.26 Å². The Labute approximate surface area is 120 Å². The van der Waals surface area contributed by atoms with Crippen molar-refractivity contribution in [3.63, 3.8) is 0 Å². The van der Waals surface area contributed by atoms with Crippen LogP contribution in [0.25, 0.3) is 0 Å². The molecule has 1 atom stereocenters. The number of nitriles is 1. The molecule has 104 valence electrons. The Kier molecular flexibility index (Phi) is 7.57. The van der Waals surface area contributed by atoms with Crippen molar-refractivity contribution >= 4 is 11.8 Å². The minimum absolute atomic E-state index is 0.540. The average molecular weight is 278 g/mol. The Hall–Kier alpha value is -1.02. The smallest absolute Gasteiger partial charge is 0.100 e. The summed E-state index contributed by atoms with van der Waals surface area (Å²) in [4.78, 5) is 1.08. The molecule has 0 aliphatic carbocycles. The largest absolute Gasteiger partial charge is 0.383 e. The van der Waals surface area contributed by atoms with Crippen molar-refractivity contribution in [3.05, 3.63) is 29.3 Å². The molecular formula is C15H22N2OS. The molecule has 0 saturated heterocycles. The second-order valence-corrected chi connectivity index (χ2v) is 5.93. The van der Waals surface area contributed by atoms with Crippen LogP contribution < -0.4 is 5.32 Å². The van der Waals surface area contributed by atoms with Crippen LogP contribution in [-0.4, -0.2) is 25.5 Å². The van der Waals surface area contributed by atoms with Gasteiger partial charge in [-0.1, -0.05) is 19.9 Å². The van der Waals surface area contributed by atoms with Crippen LogP contribution in [0.3, 0.4) is 0 Å². The molecule has 0 heterocycles. The molecule has 0 radical (unpaired) electrons. The Morgan fingerprint density at radius 1 is 1.47 bits per heavy atom. The molecule has 0 aliphatic heterocycles. The lowest BCUT2D eigenvalue weighted by atomic mass is 10.1. The van der Waals surface area contributed by atoms with Gasteiger partial charge in [-0.3, -0.25) is 0 Å². The van der Waals surface area contributed by atoms with E-state index in [0.29, 0.717) is 11.9 Å².